The summed E-state index contributed by atoms with van der Waals surface area (Å²) in [5.74, 6) is -0.416. The normalized spacial score (nSPS) is 13.8. The van der Waals surface area contributed by atoms with Crippen LogP contribution in [-0.4, -0.2) is 29.3 Å². The summed E-state index contributed by atoms with van der Waals surface area (Å²) in [5.41, 5.74) is 0.609. The maximum Gasteiger partial charge on any atom is 0.416 e. The van der Waals surface area contributed by atoms with Crippen molar-refractivity contribution in [2.75, 3.05) is 14.2 Å². The van der Waals surface area contributed by atoms with E-state index in [9.17, 15) is 22.2 Å². The van der Waals surface area contributed by atoms with Crippen LogP contribution in [-0.2, 0) is 26.8 Å². The van der Waals surface area contributed by atoms with Crippen molar-refractivity contribution in [2.24, 2.45) is 0 Å². The summed E-state index contributed by atoms with van der Waals surface area (Å²) in [6, 6.07) is 10.6. The Hall–Kier alpha value is -2.23. The quantitative estimate of drug-likeness (QED) is 0.702. The van der Waals surface area contributed by atoms with Gasteiger partial charge in [-0.3, -0.25) is 9.63 Å². The number of rotatable bonds is 7. The van der Waals surface area contributed by atoms with Gasteiger partial charge in [0.1, 0.15) is 11.0 Å². The van der Waals surface area contributed by atoms with Crippen molar-refractivity contribution in [1.29, 1.82) is 0 Å². The lowest BCUT2D eigenvalue weighted by atomic mass is 10.0. The second-order valence-corrected chi connectivity index (χ2v) is 7.39. The van der Waals surface area contributed by atoms with Crippen molar-refractivity contribution < 1.29 is 27.0 Å². The van der Waals surface area contributed by atoms with Gasteiger partial charge in [0.05, 0.1) is 23.6 Å². The molecule has 0 radical (unpaired) electrons. The van der Waals surface area contributed by atoms with Gasteiger partial charge in [-0.15, -0.1) is 0 Å². The zero-order valence-corrected chi connectivity index (χ0v) is 16.4. The second kappa shape index (κ2) is 9.31. The summed E-state index contributed by atoms with van der Waals surface area (Å²) in [7, 11) is 1.08. The van der Waals surface area contributed by atoms with Gasteiger partial charge < -0.3 is 0 Å². The van der Waals surface area contributed by atoms with Crippen LogP contribution in [0, 0.1) is 6.92 Å². The number of alkyl halides is 3. The van der Waals surface area contributed by atoms with E-state index < -0.39 is 34.7 Å². The molecule has 2 rings (SSSR count). The summed E-state index contributed by atoms with van der Waals surface area (Å²) < 4.78 is 53.9. The molecule has 28 heavy (non-hydrogen) atoms. The van der Waals surface area contributed by atoms with Gasteiger partial charge in [-0.05, 0) is 36.8 Å². The highest BCUT2D eigenvalue weighted by molar-refractivity contribution is 7.83. The third-order valence-electron chi connectivity index (χ3n) is 4.13. The molecule has 0 spiro atoms. The number of hydrogen-bond acceptors (Lipinski definition) is 3. The van der Waals surface area contributed by atoms with E-state index in [1.807, 2.05) is 6.92 Å². The summed E-state index contributed by atoms with van der Waals surface area (Å²) in [4.78, 5) is 17.6. The van der Waals surface area contributed by atoms with Gasteiger partial charge in [-0.2, -0.15) is 13.2 Å². The smallest absolute Gasteiger partial charge is 0.275 e. The summed E-state index contributed by atoms with van der Waals surface area (Å²) in [6.45, 7) is 1.89. The predicted octanol–water partition coefficient (Wildman–Crippen LogP) is 3.78. The first-order valence-electron chi connectivity index (χ1n) is 8.34. The molecule has 1 N–H and O–H groups in total. The van der Waals surface area contributed by atoms with Crippen molar-refractivity contribution in [3.8, 4) is 0 Å². The van der Waals surface area contributed by atoms with Crippen LogP contribution in [0.4, 0.5) is 13.2 Å². The first-order chi connectivity index (χ1) is 13.1. The molecule has 9 heteroatoms. The molecule has 0 bridgehead atoms. The highest BCUT2D eigenvalue weighted by Crippen LogP contribution is 2.30. The van der Waals surface area contributed by atoms with Gasteiger partial charge in [0.15, 0.2) is 0 Å². The molecule has 0 aromatic heterocycles. The van der Waals surface area contributed by atoms with Gasteiger partial charge in [-0.1, -0.05) is 29.8 Å². The average molecular weight is 414 g/mol. The number of amides is 1. The van der Waals surface area contributed by atoms with E-state index in [2.05, 4.69) is 4.72 Å². The number of halogens is 3. The van der Waals surface area contributed by atoms with E-state index in [1.165, 1.54) is 26.3 Å². The number of nitrogens with one attached hydrogen (secondary N) is 1. The molecule has 2 atom stereocenters. The van der Waals surface area contributed by atoms with Crippen LogP contribution in [0.15, 0.2) is 53.4 Å². The van der Waals surface area contributed by atoms with Gasteiger partial charge in [0, 0.05) is 13.5 Å². The minimum atomic E-state index is -4.46. The topological polar surface area (TPSA) is 58.6 Å². The zero-order chi connectivity index (χ0) is 20.9. The minimum Gasteiger partial charge on any atom is -0.275 e. The lowest BCUT2D eigenvalue weighted by Gasteiger charge is -2.21. The van der Waals surface area contributed by atoms with Crippen molar-refractivity contribution in [3.05, 3.63) is 65.2 Å². The van der Waals surface area contributed by atoms with Crippen molar-refractivity contribution in [1.82, 2.24) is 9.79 Å². The molecule has 0 unspecified atom stereocenters. The summed E-state index contributed by atoms with van der Waals surface area (Å²) in [5, 5.41) is 1.01. The van der Waals surface area contributed by atoms with E-state index in [-0.39, 0.29) is 6.42 Å². The Morgan fingerprint density at radius 1 is 1.14 bits per heavy atom. The summed E-state index contributed by atoms with van der Waals surface area (Å²) in [6.07, 6.45) is -4.61. The fourth-order valence-electron chi connectivity index (χ4n) is 2.40. The van der Waals surface area contributed by atoms with Crippen LogP contribution in [0.3, 0.4) is 0 Å². The van der Waals surface area contributed by atoms with Crippen LogP contribution in [0.2, 0.25) is 0 Å². The monoisotopic (exact) mass is 414 g/mol. The minimum absolute atomic E-state index is 0.146. The first kappa shape index (κ1) is 22.1. The third-order valence-corrected chi connectivity index (χ3v) is 5.33. The van der Waals surface area contributed by atoms with Crippen LogP contribution in [0.25, 0.3) is 0 Å². The molecule has 0 aliphatic rings. The molecule has 2 aromatic rings. The predicted molar refractivity (Wildman–Crippen MR) is 99.3 cm³/mol. The van der Waals surface area contributed by atoms with Crippen molar-refractivity contribution in [2.45, 2.75) is 30.5 Å². The highest BCUT2D eigenvalue weighted by atomic mass is 32.2. The molecular weight excluding hydrogens is 393 g/mol. The first-order valence-corrected chi connectivity index (χ1v) is 9.49. The Bertz CT molecular complexity index is 824. The van der Waals surface area contributed by atoms with Crippen molar-refractivity contribution >= 4 is 16.9 Å². The SMILES string of the molecule is CON(C)C(=O)C[C@@H](N[S@@](=O)c1ccc(C)cc1)c1ccc(C(F)(F)F)cc1. The number of hydrogen-bond donors (Lipinski definition) is 1. The average Bonchev–Trinajstić information content (AvgIpc) is 2.66. The van der Waals surface area contributed by atoms with Gasteiger partial charge >= 0.3 is 6.18 Å². The molecule has 5 nitrogen and oxygen atoms in total. The van der Waals surface area contributed by atoms with E-state index in [0.29, 0.717) is 10.5 Å². The van der Waals surface area contributed by atoms with Crippen LogP contribution in [0.5, 0.6) is 0 Å². The number of benzene rings is 2. The van der Waals surface area contributed by atoms with Crippen molar-refractivity contribution in [3.63, 3.8) is 0 Å². The maximum absolute atomic E-state index is 12.8. The molecule has 0 saturated carbocycles. The molecule has 1 amide bonds. The number of hydroxylamine groups is 2. The molecule has 0 saturated heterocycles. The van der Waals surface area contributed by atoms with Crippen LogP contribution >= 0.6 is 0 Å². The number of carbonyl (C=O) groups is 1. The lowest BCUT2D eigenvalue weighted by molar-refractivity contribution is -0.169. The molecule has 0 fully saturated rings. The Balaban J connectivity index is 2.27. The Morgan fingerprint density at radius 2 is 1.71 bits per heavy atom. The largest absolute Gasteiger partial charge is 0.416 e. The second-order valence-electron chi connectivity index (χ2n) is 6.15. The van der Waals surface area contributed by atoms with E-state index in [0.717, 1.165) is 22.8 Å². The van der Waals surface area contributed by atoms with E-state index in [1.54, 1.807) is 24.3 Å². The fourth-order valence-corrected chi connectivity index (χ4v) is 3.39. The lowest BCUT2D eigenvalue weighted by Crippen LogP contribution is -2.32. The Labute approximate surface area is 164 Å². The zero-order valence-electron chi connectivity index (χ0n) is 15.6. The molecule has 0 heterocycles. The molecule has 0 aliphatic carbocycles. The molecular formula is C19H21F3N2O3S. The van der Waals surface area contributed by atoms with E-state index in [4.69, 9.17) is 4.84 Å². The van der Waals surface area contributed by atoms with Crippen LogP contribution < -0.4 is 4.72 Å². The Kier molecular flexibility index (Phi) is 7.34. The van der Waals surface area contributed by atoms with Gasteiger partial charge in [-0.25, -0.2) is 14.0 Å². The maximum atomic E-state index is 12.8. The fraction of sp³-hybridized carbons (Fsp3) is 0.316. The molecule has 2 aromatic carbocycles. The number of aryl methyl sites for hydroxylation is 1. The third kappa shape index (κ3) is 5.88. The Morgan fingerprint density at radius 3 is 2.21 bits per heavy atom. The van der Waals surface area contributed by atoms with Gasteiger partial charge in [0.2, 0.25) is 5.91 Å². The highest BCUT2D eigenvalue weighted by Gasteiger charge is 2.30. The molecule has 0 aliphatic heterocycles. The standard InChI is InChI=1S/C19H21F3N2O3S/c1-13-4-10-16(11-5-13)28(26)23-17(12-18(25)24(2)27-3)14-6-8-15(9-7-14)19(20,21)22/h4-11,17,23H,12H2,1-3H3/t17-,28+/m1/s1. The van der Waals surface area contributed by atoms with Crippen LogP contribution in [0.1, 0.15) is 29.2 Å². The number of carbonyl (C=O) groups excluding carboxylic acids is 1. The number of nitrogens with zero attached hydrogens (tertiary/aromatic N) is 1. The molecule has 152 valence electrons. The van der Waals surface area contributed by atoms with Gasteiger partial charge in [0.25, 0.3) is 0 Å². The summed E-state index contributed by atoms with van der Waals surface area (Å²) >= 11 is 0. The van der Waals surface area contributed by atoms with E-state index >= 15 is 0 Å².